The number of fused-ring (bicyclic) bond motifs is 1. The number of nitrogens with one attached hydrogen (secondary N) is 1. The molecule has 0 saturated carbocycles. The van der Waals surface area contributed by atoms with Gasteiger partial charge in [0.15, 0.2) is 17.6 Å². The SMILES string of the molecule is CCN(CC1COc2ccccc2O1)C(=O)NCc1cccc(O)c1. The van der Waals surface area contributed by atoms with Crippen molar-refractivity contribution in [3.05, 3.63) is 54.1 Å². The summed E-state index contributed by atoms with van der Waals surface area (Å²) in [7, 11) is 0. The van der Waals surface area contributed by atoms with Crippen molar-refractivity contribution in [3.8, 4) is 17.2 Å². The number of para-hydroxylation sites is 2. The molecule has 0 bridgehead atoms. The molecule has 0 saturated heterocycles. The van der Waals surface area contributed by atoms with E-state index in [0.29, 0.717) is 32.0 Å². The molecule has 0 radical (unpaired) electrons. The minimum Gasteiger partial charge on any atom is -0.508 e. The Morgan fingerprint density at radius 3 is 2.80 bits per heavy atom. The van der Waals surface area contributed by atoms with Crippen LogP contribution >= 0.6 is 0 Å². The Morgan fingerprint density at radius 1 is 1.24 bits per heavy atom. The van der Waals surface area contributed by atoms with Gasteiger partial charge in [-0.3, -0.25) is 0 Å². The first kappa shape index (κ1) is 17.0. The van der Waals surface area contributed by atoms with Crippen LogP contribution in [0, 0.1) is 0 Å². The van der Waals surface area contributed by atoms with Gasteiger partial charge < -0.3 is 24.8 Å². The first-order valence-corrected chi connectivity index (χ1v) is 8.35. The zero-order valence-corrected chi connectivity index (χ0v) is 14.1. The van der Waals surface area contributed by atoms with Gasteiger partial charge in [0.25, 0.3) is 0 Å². The topological polar surface area (TPSA) is 71.0 Å². The Kier molecular flexibility index (Phi) is 5.28. The minimum atomic E-state index is -0.207. The van der Waals surface area contributed by atoms with Crippen LogP contribution in [0.1, 0.15) is 12.5 Å². The first-order valence-electron chi connectivity index (χ1n) is 8.35. The van der Waals surface area contributed by atoms with Crippen molar-refractivity contribution < 1.29 is 19.4 Å². The predicted molar refractivity (Wildman–Crippen MR) is 93.9 cm³/mol. The number of hydrogen-bond acceptors (Lipinski definition) is 4. The molecular formula is C19H22N2O4. The van der Waals surface area contributed by atoms with Crippen LogP contribution in [0.2, 0.25) is 0 Å². The number of carbonyl (C=O) groups is 1. The van der Waals surface area contributed by atoms with Crippen LogP contribution in [0.15, 0.2) is 48.5 Å². The van der Waals surface area contributed by atoms with E-state index in [-0.39, 0.29) is 17.9 Å². The summed E-state index contributed by atoms with van der Waals surface area (Å²) < 4.78 is 11.6. The van der Waals surface area contributed by atoms with Gasteiger partial charge in [0, 0.05) is 13.1 Å². The Bertz CT molecular complexity index is 735. The molecule has 1 atom stereocenters. The third-order valence-electron chi connectivity index (χ3n) is 4.01. The average molecular weight is 342 g/mol. The van der Waals surface area contributed by atoms with E-state index < -0.39 is 0 Å². The highest BCUT2D eigenvalue weighted by Crippen LogP contribution is 2.31. The summed E-state index contributed by atoms with van der Waals surface area (Å²) in [5.74, 6) is 1.62. The lowest BCUT2D eigenvalue weighted by molar-refractivity contribution is 0.0675. The van der Waals surface area contributed by atoms with E-state index in [1.165, 1.54) is 0 Å². The molecule has 0 spiro atoms. The van der Waals surface area contributed by atoms with E-state index >= 15 is 0 Å². The maximum atomic E-state index is 12.4. The predicted octanol–water partition coefficient (Wildman–Crippen LogP) is 2.76. The highest BCUT2D eigenvalue weighted by atomic mass is 16.6. The average Bonchev–Trinajstić information content (AvgIpc) is 2.64. The lowest BCUT2D eigenvalue weighted by Gasteiger charge is -2.31. The third kappa shape index (κ3) is 4.35. The smallest absolute Gasteiger partial charge is 0.317 e. The van der Waals surface area contributed by atoms with Crippen LogP contribution in [0.4, 0.5) is 4.79 Å². The molecule has 2 N–H and O–H groups in total. The number of likely N-dealkylation sites (N-methyl/N-ethyl adjacent to an activating group) is 1. The van der Waals surface area contributed by atoms with Crippen LogP contribution in [0.5, 0.6) is 17.2 Å². The fraction of sp³-hybridized carbons (Fsp3) is 0.316. The summed E-state index contributed by atoms with van der Waals surface area (Å²) in [6, 6.07) is 14.2. The van der Waals surface area contributed by atoms with Crippen molar-refractivity contribution in [3.63, 3.8) is 0 Å². The van der Waals surface area contributed by atoms with E-state index in [9.17, 15) is 9.90 Å². The summed E-state index contributed by atoms with van der Waals surface area (Å²) in [4.78, 5) is 14.1. The maximum Gasteiger partial charge on any atom is 0.317 e. The van der Waals surface area contributed by atoms with E-state index in [0.717, 1.165) is 11.3 Å². The molecule has 6 nitrogen and oxygen atoms in total. The van der Waals surface area contributed by atoms with Crippen LogP contribution in [-0.2, 0) is 6.54 Å². The molecule has 1 aliphatic heterocycles. The summed E-state index contributed by atoms with van der Waals surface area (Å²) in [5, 5.41) is 12.3. The van der Waals surface area contributed by atoms with Gasteiger partial charge in [0.1, 0.15) is 12.4 Å². The van der Waals surface area contributed by atoms with Gasteiger partial charge in [0.05, 0.1) is 6.54 Å². The molecule has 2 amide bonds. The molecule has 132 valence electrons. The second-order valence-corrected chi connectivity index (χ2v) is 5.86. The molecular weight excluding hydrogens is 320 g/mol. The molecule has 25 heavy (non-hydrogen) atoms. The maximum absolute atomic E-state index is 12.4. The monoisotopic (exact) mass is 342 g/mol. The zero-order valence-electron chi connectivity index (χ0n) is 14.1. The van der Waals surface area contributed by atoms with Crippen LogP contribution < -0.4 is 14.8 Å². The largest absolute Gasteiger partial charge is 0.508 e. The molecule has 0 aliphatic carbocycles. The molecule has 3 rings (SSSR count). The Morgan fingerprint density at radius 2 is 2.04 bits per heavy atom. The van der Waals surface area contributed by atoms with Crippen molar-refractivity contribution >= 4 is 6.03 Å². The summed E-state index contributed by atoms with van der Waals surface area (Å²) in [6.07, 6.45) is -0.207. The highest BCUT2D eigenvalue weighted by molar-refractivity contribution is 5.74. The number of aromatic hydroxyl groups is 1. The van der Waals surface area contributed by atoms with Crippen molar-refractivity contribution in [2.24, 2.45) is 0 Å². The minimum absolute atomic E-state index is 0.173. The zero-order chi connectivity index (χ0) is 17.6. The van der Waals surface area contributed by atoms with E-state index in [1.807, 2.05) is 37.3 Å². The molecule has 1 aliphatic rings. The summed E-state index contributed by atoms with van der Waals surface area (Å²) >= 11 is 0. The van der Waals surface area contributed by atoms with Crippen LogP contribution in [-0.4, -0.2) is 41.8 Å². The van der Waals surface area contributed by atoms with E-state index in [4.69, 9.17) is 9.47 Å². The number of rotatable bonds is 5. The quantitative estimate of drug-likeness (QED) is 0.876. The fourth-order valence-corrected chi connectivity index (χ4v) is 2.71. The molecule has 2 aromatic carbocycles. The number of nitrogens with zero attached hydrogens (tertiary/aromatic N) is 1. The standard InChI is InChI=1S/C19H22N2O4/c1-2-21(19(23)20-11-14-6-5-7-15(22)10-14)12-16-13-24-17-8-3-4-9-18(17)25-16/h3-10,16,22H,2,11-13H2,1H3,(H,20,23). The van der Waals surface area contributed by atoms with E-state index in [2.05, 4.69) is 5.32 Å². The van der Waals surface area contributed by atoms with Crippen LogP contribution in [0.25, 0.3) is 0 Å². The molecule has 0 aromatic heterocycles. The number of ether oxygens (including phenoxy) is 2. The lowest BCUT2D eigenvalue weighted by Crippen LogP contribution is -2.47. The second kappa shape index (κ2) is 7.79. The van der Waals surface area contributed by atoms with Crippen LogP contribution in [0.3, 0.4) is 0 Å². The fourth-order valence-electron chi connectivity index (χ4n) is 2.71. The van der Waals surface area contributed by atoms with E-state index in [1.54, 1.807) is 23.1 Å². The molecule has 0 fully saturated rings. The number of phenols is 1. The number of carbonyl (C=O) groups excluding carboxylic acids is 1. The first-order chi connectivity index (χ1) is 12.2. The van der Waals surface area contributed by atoms with Gasteiger partial charge >= 0.3 is 6.03 Å². The Labute approximate surface area is 147 Å². The molecule has 1 heterocycles. The third-order valence-corrected chi connectivity index (χ3v) is 4.01. The second-order valence-electron chi connectivity index (χ2n) is 5.86. The molecule has 1 unspecified atom stereocenters. The van der Waals surface area contributed by atoms with Crippen molar-refractivity contribution in [2.75, 3.05) is 19.7 Å². The highest BCUT2D eigenvalue weighted by Gasteiger charge is 2.24. The number of benzene rings is 2. The number of phenolic OH excluding ortho intramolecular Hbond substituents is 1. The van der Waals surface area contributed by atoms with Crippen molar-refractivity contribution in [1.29, 1.82) is 0 Å². The van der Waals surface area contributed by atoms with Gasteiger partial charge in [-0.15, -0.1) is 0 Å². The molecule has 6 heteroatoms. The van der Waals surface area contributed by atoms with Gasteiger partial charge in [-0.2, -0.15) is 0 Å². The molecule has 2 aromatic rings. The van der Waals surface area contributed by atoms with Gasteiger partial charge in [0.2, 0.25) is 0 Å². The number of urea groups is 1. The van der Waals surface area contributed by atoms with Crippen molar-refractivity contribution in [2.45, 2.75) is 19.6 Å². The number of amides is 2. The normalized spacial score (nSPS) is 15.5. The Hall–Kier alpha value is -2.89. The number of hydrogen-bond donors (Lipinski definition) is 2. The Balaban J connectivity index is 1.54. The summed E-state index contributed by atoms with van der Waals surface area (Å²) in [5.41, 5.74) is 0.843. The van der Waals surface area contributed by atoms with Gasteiger partial charge in [-0.1, -0.05) is 24.3 Å². The van der Waals surface area contributed by atoms with Crippen molar-refractivity contribution in [1.82, 2.24) is 10.2 Å². The summed E-state index contributed by atoms with van der Waals surface area (Å²) in [6.45, 7) is 3.69. The van der Waals surface area contributed by atoms with Gasteiger partial charge in [-0.05, 0) is 36.8 Å². The lowest BCUT2D eigenvalue weighted by atomic mass is 10.2. The van der Waals surface area contributed by atoms with Gasteiger partial charge in [-0.25, -0.2) is 4.79 Å².